The van der Waals surface area contributed by atoms with Crippen molar-refractivity contribution in [1.82, 2.24) is 20.2 Å². The van der Waals surface area contributed by atoms with Gasteiger partial charge in [-0.3, -0.25) is 0 Å². The number of hydrogen-bond donors (Lipinski definition) is 0. The highest BCUT2D eigenvalue weighted by atomic mass is 127. The summed E-state index contributed by atoms with van der Waals surface area (Å²) in [6.07, 6.45) is 12.7. The number of nitrogens with zero attached hydrogens (tertiary/aromatic N) is 4. The summed E-state index contributed by atoms with van der Waals surface area (Å²) in [5, 5.41) is 11.9. The molecule has 2 fully saturated rings. The van der Waals surface area contributed by atoms with E-state index in [1.165, 1.54) is 57.8 Å². The van der Waals surface area contributed by atoms with E-state index in [2.05, 4.69) is 38.1 Å². The Balaban J connectivity index is 1.56. The van der Waals surface area contributed by atoms with Crippen LogP contribution in [0.3, 0.4) is 0 Å². The minimum absolute atomic E-state index is 0.548. The molecule has 2 aliphatic rings. The minimum Gasteiger partial charge on any atom is -0.218 e. The van der Waals surface area contributed by atoms with Crippen molar-refractivity contribution in [2.24, 2.45) is 11.8 Å². The van der Waals surface area contributed by atoms with Gasteiger partial charge in [0.1, 0.15) is 0 Å². The second kappa shape index (κ2) is 5.84. The molecule has 0 saturated heterocycles. The van der Waals surface area contributed by atoms with Crippen LogP contribution < -0.4 is 0 Å². The Morgan fingerprint density at radius 2 is 1.56 bits per heavy atom. The summed E-state index contributed by atoms with van der Waals surface area (Å²) < 4.78 is 2.96. The van der Waals surface area contributed by atoms with Crippen molar-refractivity contribution in [3.05, 3.63) is 3.83 Å². The van der Waals surface area contributed by atoms with Crippen LogP contribution in [0.5, 0.6) is 0 Å². The average molecular weight is 360 g/mol. The third-order valence-corrected chi connectivity index (χ3v) is 5.57. The molecule has 0 atom stereocenters. The molecular formula is C13H21IN4. The van der Waals surface area contributed by atoms with Crippen molar-refractivity contribution in [2.75, 3.05) is 0 Å². The predicted octanol–water partition coefficient (Wildman–Crippen LogP) is 3.59. The average Bonchev–Trinajstić information content (AvgIpc) is 2.86. The molecule has 5 heteroatoms. The zero-order valence-electron chi connectivity index (χ0n) is 10.8. The molecule has 0 unspecified atom stereocenters. The van der Waals surface area contributed by atoms with Gasteiger partial charge in [0.25, 0.3) is 0 Å². The van der Waals surface area contributed by atoms with Crippen LogP contribution in [-0.4, -0.2) is 20.2 Å². The van der Waals surface area contributed by atoms with Crippen molar-refractivity contribution in [2.45, 2.75) is 63.8 Å². The molecule has 3 rings (SSSR count). The summed E-state index contributed by atoms with van der Waals surface area (Å²) in [6.45, 7) is 0. The van der Waals surface area contributed by atoms with Crippen LogP contribution in [0, 0.1) is 15.7 Å². The van der Waals surface area contributed by atoms with E-state index in [1.54, 1.807) is 0 Å². The van der Waals surface area contributed by atoms with E-state index >= 15 is 0 Å². The van der Waals surface area contributed by atoms with Gasteiger partial charge in [-0.15, -0.1) is 5.10 Å². The number of rotatable bonds is 2. The Labute approximate surface area is 122 Å². The lowest BCUT2D eigenvalue weighted by molar-refractivity contribution is 0.162. The maximum absolute atomic E-state index is 4.13. The van der Waals surface area contributed by atoms with Gasteiger partial charge in [-0.25, -0.2) is 4.68 Å². The zero-order chi connectivity index (χ0) is 12.4. The predicted molar refractivity (Wildman–Crippen MR) is 78.1 cm³/mol. The molecule has 1 aromatic rings. The molecule has 18 heavy (non-hydrogen) atoms. The molecule has 2 aliphatic carbocycles. The lowest BCUT2D eigenvalue weighted by atomic mass is 9.72. The molecule has 0 spiro atoms. The Hall–Kier alpha value is -0.200. The van der Waals surface area contributed by atoms with Crippen LogP contribution in [0.4, 0.5) is 0 Å². The van der Waals surface area contributed by atoms with E-state index in [0.29, 0.717) is 6.04 Å². The van der Waals surface area contributed by atoms with E-state index in [9.17, 15) is 0 Å². The number of tetrazole rings is 1. The minimum atomic E-state index is 0.548. The van der Waals surface area contributed by atoms with Crippen LogP contribution in [0.25, 0.3) is 0 Å². The summed E-state index contributed by atoms with van der Waals surface area (Å²) in [4.78, 5) is 0. The van der Waals surface area contributed by atoms with Gasteiger partial charge in [0.2, 0.25) is 3.83 Å². The molecule has 0 N–H and O–H groups in total. The van der Waals surface area contributed by atoms with E-state index in [1.807, 2.05) is 4.68 Å². The van der Waals surface area contributed by atoms with Gasteiger partial charge >= 0.3 is 0 Å². The van der Waals surface area contributed by atoms with Crippen molar-refractivity contribution in [3.63, 3.8) is 0 Å². The quantitative estimate of drug-likeness (QED) is 0.757. The Morgan fingerprint density at radius 3 is 2.17 bits per heavy atom. The highest BCUT2D eigenvalue weighted by Gasteiger charge is 2.30. The van der Waals surface area contributed by atoms with Crippen LogP contribution in [0.2, 0.25) is 0 Å². The second-order valence-electron chi connectivity index (χ2n) is 5.86. The van der Waals surface area contributed by atoms with Gasteiger partial charge in [-0.2, -0.15) is 0 Å². The van der Waals surface area contributed by atoms with Crippen molar-refractivity contribution in [1.29, 1.82) is 0 Å². The maximum Gasteiger partial charge on any atom is 0.212 e. The van der Waals surface area contributed by atoms with Gasteiger partial charge in [-0.1, -0.05) is 32.1 Å². The molecule has 0 aromatic carbocycles. The van der Waals surface area contributed by atoms with Gasteiger partial charge < -0.3 is 0 Å². The van der Waals surface area contributed by atoms with Crippen molar-refractivity contribution >= 4 is 22.6 Å². The van der Waals surface area contributed by atoms with Crippen LogP contribution in [-0.2, 0) is 0 Å². The maximum atomic E-state index is 4.13. The smallest absolute Gasteiger partial charge is 0.212 e. The lowest BCUT2D eigenvalue weighted by Crippen LogP contribution is -2.26. The number of halogens is 1. The molecule has 2 saturated carbocycles. The largest absolute Gasteiger partial charge is 0.218 e. The molecule has 4 nitrogen and oxygen atoms in total. The summed E-state index contributed by atoms with van der Waals surface area (Å²) in [5.74, 6) is 2.00. The van der Waals surface area contributed by atoms with Crippen molar-refractivity contribution < 1.29 is 0 Å². The standard InChI is InChI=1S/C13H21IN4/c14-13-15-16-17-18(13)12-8-6-11(7-9-12)10-4-2-1-3-5-10/h10-12H,1-9H2. The SMILES string of the molecule is Ic1nnnn1C1CCC(C2CCCCC2)CC1. The monoisotopic (exact) mass is 360 g/mol. The van der Waals surface area contributed by atoms with Gasteiger partial charge in [0.15, 0.2) is 0 Å². The summed E-state index contributed by atoms with van der Waals surface area (Å²) in [5.41, 5.74) is 0. The summed E-state index contributed by atoms with van der Waals surface area (Å²) in [6, 6.07) is 0.548. The number of aromatic nitrogens is 4. The topological polar surface area (TPSA) is 43.6 Å². The summed E-state index contributed by atoms with van der Waals surface area (Å²) in [7, 11) is 0. The Kier molecular flexibility index (Phi) is 4.16. The van der Waals surface area contributed by atoms with Crippen LogP contribution >= 0.6 is 22.6 Å². The van der Waals surface area contributed by atoms with Crippen molar-refractivity contribution in [3.8, 4) is 0 Å². The first kappa shape index (κ1) is 12.8. The fourth-order valence-electron chi connectivity index (χ4n) is 3.83. The molecule has 100 valence electrons. The number of hydrogen-bond acceptors (Lipinski definition) is 3. The normalized spacial score (nSPS) is 30.5. The van der Waals surface area contributed by atoms with Crippen LogP contribution in [0.15, 0.2) is 0 Å². The van der Waals surface area contributed by atoms with E-state index in [0.717, 1.165) is 15.7 Å². The third-order valence-electron chi connectivity index (χ3n) is 4.86. The lowest BCUT2D eigenvalue weighted by Gasteiger charge is -2.35. The first-order chi connectivity index (χ1) is 8.84. The van der Waals surface area contributed by atoms with E-state index in [-0.39, 0.29) is 0 Å². The third kappa shape index (κ3) is 2.70. The van der Waals surface area contributed by atoms with Gasteiger partial charge in [-0.05, 0) is 47.9 Å². The first-order valence-electron chi connectivity index (χ1n) is 7.28. The summed E-state index contributed by atoms with van der Waals surface area (Å²) >= 11 is 2.23. The van der Waals surface area contributed by atoms with Gasteiger partial charge in [0, 0.05) is 22.6 Å². The molecule has 1 aromatic heterocycles. The fourth-order valence-corrected chi connectivity index (χ4v) is 4.42. The molecule has 0 amide bonds. The fraction of sp³-hybridized carbons (Fsp3) is 0.923. The highest BCUT2D eigenvalue weighted by molar-refractivity contribution is 14.1. The molecule has 0 radical (unpaired) electrons. The zero-order valence-corrected chi connectivity index (χ0v) is 12.9. The molecule has 0 aliphatic heterocycles. The van der Waals surface area contributed by atoms with E-state index in [4.69, 9.17) is 0 Å². The Morgan fingerprint density at radius 1 is 0.889 bits per heavy atom. The Bertz CT molecular complexity index is 378. The molecule has 1 heterocycles. The van der Waals surface area contributed by atoms with Crippen LogP contribution in [0.1, 0.15) is 63.8 Å². The second-order valence-corrected chi connectivity index (χ2v) is 6.82. The first-order valence-corrected chi connectivity index (χ1v) is 8.36. The highest BCUT2D eigenvalue weighted by Crippen LogP contribution is 2.41. The molecular weight excluding hydrogens is 339 g/mol. The van der Waals surface area contributed by atoms with E-state index < -0.39 is 0 Å². The van der Waals surface area contributed by atoms with Gasteiger partial charge in [0.05, 0.1) is 6.04 Å². The molecule has 0 bridgehead atoms.